The van der Waals surface area contributed by atoms with Crippen LogP contribution in [0.2, 0.25) is 0 Å². The zero-order valence-electron chi connectivity index (χ0n) is 16.4. The first-order chi connectivity index (χ1) is 13.1. The van der Waals surface area contributed by atoms with Gasteiger partial charge in [-0.1, -0.05) is 49.4 Å². The lowest BCUT2D eigenvalue weighted by Gasteiger charge is -2.16. The summed E-state index contributed by atoms with van der Waals surface area (Å²) in [5.74, 6) is 0.614. The first-order valence-corrected chi connectivity index (χ1v) is 9.03. The van der Waals surface area contributed by atoms with Crippen molar-refractivity contribution >= 4 is 35.8 Å². The van der Waals surface area contributed by atoms with E-state index in [9.17, 15) is 4.79 Å². The van der Waals surface area contributed by atoms with E-state index < -0.39 is 5.91 Å². The fourth-order valence-electron chi connectivity index (χ4n) is 2.52. The number of primary amides is 1. The van der Waals surface area contributed by atoms with Gasteiger partial charge in [0.1, 0.15) is 0 Å². The minimum Gasteiger partial charge on any atom is -0.376 e. The molecule has 0 radical (unpaired) electrons. The summed E-state index contributed by atoms with van der Waals surface area (Å²) >= 11 is 0. The van der Waals surface area contributed by atoms with Gasteiger partial charge in [-0.15, -0.1) is 24.0 Å². The van der Waals surface area contributed by atoms with Crippen molar-refractivity contribution in [1.82, 2.24) is 10.6 Å². The van der Waals surface area contributed by atoms with E-state index in [2.05, 4.69) is 34.7 Å². The third-order valence-electron chi connectivity index (χ3n) is 4.03. The summed E-state index contributed by atoms with van der Waals surface area (Å²) in [6, 6.07) is 17.4. The van der Waals surface area contributed by atoms with Gasteiger partial charge < -0.3 is 21.1 Å². The first kappa shape index (κ1) is 23.9. The van der Waals surface area contributed by atoms with Gasteiger partial charge in [-0.05, 0) is 29.2 Å². The third-order valence-corrected chi connectivity index (χ3v) is 4.03. The molecule has 0 saturated carbocycles. The Morgan fingerprint density at radius 2 is 1.82 bits per heavy atom. The van der Waals surface area contributed by atoms with E-state index >= 15 is 0 Å². The Morgan fingerprint density at radius 1 is 1.11 bits per heavy atom. The molecule has 0 aliphatic heterocycles. The average Bonchev–Trinajstić information content (AvgIpc) is 2.69. The van der Waals surface area contributed by atoms with Crippen LogP contribution in [0.1, 0.15) is 28.4 Å². The fraction of sp³-hybridized carbons (Fsp3) is 0.333. The van der Waals surface area contributed by atoms with Crippen molar-refractivity contribution in [1.29, 1.82) is 0 Å². The lowest BCUT2D eigenvalue weighted by molar-refractivity contribution is 0.0931. The van der Waals surface area contributed by atoms with Crippen molar-refractivity contribution in [3.63, 3.8) is 0 Å². The zero-order valence-corrected chi connectivity index (χ0v) is 18.7. The minimum atomic E-state index is -0.427. The number of nitrogens with one attached hydrogen (secondary N) is 2. The normalized spacial score (nSPS) is 12.0. The zero-order chi connectivity index (χ0) is 19.5. The van der Waals surface area contributed by atoms with E-state index in [4.69, 9.17) is 10.5 Å². The average molecular weight is 496 g/mol. The fourth-order valence-corrected chi connectivity index (χ4v) is 2.52. The van der Waals surface area contributed by atoms with Crippen LogP contribution in [-0.2, 0) is 17.9 Å². The molecule has 0 saturated heterocycles. The van der Waals surface area contributed by atoms with Crippen molar-refractivity contribution in [3.8, 4) is 0 Å². The van der Waals surface area contributed by atoms with Crippen LogP contribution in [0.4, 0.5) is 0 Å². The quantitative estimate of drug-likeness (QED) is 0.283. The van der Waals surface area contributed by atoms with Gasteiger partial charge in [0.2, 0.25) is 5.91 Å². The topological polar surface area (TPSA) is 88.7 Å². The molecule has 1 amide bonds. The molecule has 0 aliphatic carbocycles. The van der Waals surface area contributed by atoms with Gasteiger partial charge in [0.15, 0.2) is 5.96 Å². The Balaban J connectivity index is 0.00000392. The molecule has 28 heavy (non-hydrogen) atoms. The number of nitrogens with zero attached hydrogens (tertiary/aromatic N) is 1. The van der Waals surface area contributed by atoms with Crippen LogP contribution in [0.3, 0.4) is 0 Å². The molecule has 152 valence electrons. The van der Waals surface area contributed by atoms with Crippen molar-refractivity contribution in [2.75, 3.05) is 20.2 Å². The Hall–Kier alpha value is -2.13. The van der Waals surface area contributed by atoms with Crippen molar-refractivity contribution in [3.05, 3.63) is 71.3 Å². The molecule has 0 heterocycles. The number of hydrogen-bond acceptors (Lipinski definition) is 3. The number of guanidine groups is 1. The lowest BCUT2D eigenvalue weighted by Crippen LogP contribution is -2.39. The summed E-state index contributed by atoms with van der Waals surface area (Å²) in [6.45, 7) is 4.71. The molecule has 0 bridgehead atoms. The molecule has 0 aromatic heterocycles. The summed E-state index contributed by atoms with van der Waals surface area (Å²) in [6.07, 6.45) is 0. The van der Waals surface area contributed by atoms with Crippen LogP contribution in [0.25, 0.3) is 0 Å². The lowest BCUT2D eigenvalue weighted by atomic mass is 10.1. The number of hydrogen-bond donors (Lipinski definition) is 3. The molecule has 1 unspecified atom stereocenters. The molecule has 2 aromatic rings. The Kier molecular flexibility index (Phi) is 11.2. The molecule has 1 atom stereocenters. The van der Waals surface area contributed by atoms with Crippen LogP contribution in [0.15, 0.2) is 59.6 Å². The highest BCUT2D eigenvalue weighted by Gasteiger charge is 2.06. The number of benzene rings is 2. The first-order valence-electron chi connectivity index (χ1n) is 9.03. The van der Waals surface area contributed by atoms with Crippen LogP contribution in [0, 0.1) is 5.92 Å². The Bertz CT molecular complexity index is 753. The number of aliphatic imine (C=N–C) groups is 1. The number of amides is 1. The van der Waals surface area contributed by atoms with Gasteiger partial charge in [0.05, 0.1) is 13.2 Å². The predicted molar refractivity (Wildman–Crippen MR) is 124 cm³/mol. The second-order valence-corrected chi connectivity index (χ2v) is 6.48. The number of rotatable bonds is 9. The van der Waals surface area contributed by atoms with E-state index in [0.717, 1.165) is 12.1 Å². The van der Waals surface area contributed by atoms with Gasteiger partial charge in [0, 0.05) is 25.7 Å². The van der Waals surface area contributed by atoms with E-state index in [1.54, 1.807) is 19.2 Å². The molecule has 0 fully saturated rings. The van der Waals surface area contributed by atoms with E-state index in [1.165, 1.54) is 5.56 Å². The van der Waals surface area contributed by atoms with Crippen LogP contribution in [0.5, 0.6) is 0 Å². The number of nitrogens with two attached hydrogens (primary N) is 1. The molecule has 6 nitrogen and oxygen atoms in total. The van der Waals surface area contributed by atoms with Crippen LogP contribution < -0.4 is 16.4 Å². The number of halogens is 1. The summed E-state index contributed by atoms with van der Waals surface area (Å²) in [5, 5.41) is 6.53. The minimum absolute atomic E-state index is 0. The molecular formula is C21H29IN4O2. The van der Waals surface area contributed by atoms with Gasteiger partial charge in [0.25, 0.3) is 0 Å². The van der Waals surface area contributed by atoms with Crippen LogP contribution >= 0.6 is 24.0 Å². The Morgan fingerprint density at radius 3 is 2.50 bits per heavy atom. The van der Waals surface area contributed by atoms with Crippen LogP contribution in [-0.4, -0.2) is 32.1 Å². The predicted octanol–water partition coefficient (Wildman–Crippen LogP) is 2.92. The maximum absolute atomic E-state index is 11.3. The van der Waals surface area contributed by atoms with Crippen molar-refractivity contribution in [2.24, 2.45) is 16.6 Å². The van der Waals surface area contributed by atoms with E-state index in [0.29, 0.717) is 37.2 Å². The summed E-state index contributed by atoms with van der Waals surface area (Å²) in [7, 11) is 1.73. The molecule has 0 spiro atoms. The monoisotopic (exact) mass is 496 g/mol. The molecular weight excluding hydrogens is 467 g/mol. The van der Waals surface area contributed by atoms with Gasteiger partial charge >= 0.3 is 0 Å². The largest absolute Gasteiger partial charge is 0.376 e. The summed E-state index contributed by atoms with van der Waals surface area (Å²) in [5.41, 5.74) is 7.96. The molecule has 2 aromatic carbocycles. The highest BCUT2D eigenvalue weighted by molar-refractivity contribution is 14.0. The van der Waals surface area contributed by atoms with Gasteiger partial charge in [-0.2, -0.15) is 0 Å². The van der Waals surface area contributed by atoms with E-state index in [-0.39, 0.29) is 24.0 Å². The second-order valence-electron chi connectivity index (χ2n) is 6.48. The number of carbonyl (C=O) groups is 1. The molecule has 0 aliphatic rings. The van der Waals surface area contributed by atoms with Crippen molar-refractivity contribution < 1.29 is 9.53 Å². The highest BCUT2D eigenvalue weighted by Crippen LogP contribution is 2.05. The summed E-state index contributed by atoms with van der Waals surface area (Å²) < 4.78 is 5.77. The second kappa shape index (κ2) is 13.1. The smallest absolute Gasteiger partial charge is 0.248 e. The summed E-state index contributed by atoms with van der Waals surface area (Å²) in [4.78, 5) is 15.5. The molecule has 4 N–H and O–H groups in total. The maximum Gasteiger partial charge on any atom is 0.248 e. The maximum atomic E-state index is 11.3. The van der Waals surface area contributed by atoms with E-state index in [1.807, 2.05) is 30.3 Å². The Labute approximate surface area is 184 Å². The van der Waals surface area contributed by atoms with Crippen molar-refractivity contribution in [2.45, 2.75) is 20.1 Å². The molecule has 7 heteroatoms. The standard InChI is InChI=1S/C21H28N4O2.HI/c1-16(14-27-15-17-7-4-3-5-8-17)12-24-21(23-2)25-13-18-9-6-10-19(11-18)20(22)26;/h3-11,16H,12-15H2,1-2H3,(H2,22,26)(H2,23,24,25);1H. The number of ether oxygens (including phenoxy) is 1. The molecule has 2 rings (SSSR count). The van der Waals surface area contributed by atoms with Gasteiger partial charge in [-0.25, -0.2) is 0 Å². The third kappa shape index (κ3) is 8.71. The van der Waals surface area contributed by atoms with Gasteiger partial charge in [-0.3, -0.25) is 9.79 Å². The SMILES string of the molecule is CN=C(NCc1cccc(C(N)=O)c1)NCC(C)COCc1ccccc1.I. The highest BCUT2D eigenvalue weighted by atomic mass is 127. The number of carbonyl (C=O) groups excluding carboxylic acids is 1.